The molecule has 0 atom stereocenters. The van der Waals surface area contributed by atoms with Crippen LogP contribution in [-0.2, 0) is 0 Å². The van der Waals surface area contributed by atoms with Crippen LogP contribution in [0.3, 0.4) is 0 Å². The maximum Gasteiger partial charge on any atom is 0.136 e. The van der Waals surface area contributed by atoms with Crippen LogP contribution in [0.25, 0.3) is 27.5 Å². The quantitative estimate of drug-likeness (QED) is 0.565. The fourth-order valence-electron chi connectivity index (χ4n) is 2.83. The summed E-state index contributed by atoms with van der Waals surface area (Å²) in [5, 5.41) is 2.29. The minimum Gasteiger partial charge on any atom is -0.456 e. The molecule has 2 heterocycles. The number of hydrogen-bond donors (Lipinski definition) is 0. The van der Waals surface area contributed by atoms with Crippen LogP contribution in [-0.4, -0.2) is 7.05 Å². The highest BCUT2D eigenvalue weighted by Gasteiger charge is 2.14. The second kappa shape index (κ2) is 4.38. The zero-order chi connectivity index (χ0) is 14.4. The Hall–Kier alpha value is -2.74. The molecule has 2 aromatic carbocycles. The van der Waals surface area contributed by atoms with Crippen molar-refractivity contribution in [2.75, 3.05) is 11.9 Å². The maximum absolute atomic E-state index is 5.97. The van der Waals surface area contributed by atoms with Gasteiger partial charge in [-0.2, -0.15) is 0 Å². The standard InChI is InChI=1S/C19H15NO/c1-13-7-5-6-10-20(2)17-11-16-14-8-3-4-9-18(14)21-19(16)12-15(13)17/h3-12H,1H2,2H3/b7-5-,10-6-. The van der Waals surface area contributed by atoms with Crippen molar-refractivity contribution in [1.29, 1.82) is 0 Å². The second-order valence-corrected chi connectivity index (χ2v) is 5.30. The molecule has 0 saturated carbocycles. The number of rotatable bonds is 0. The minimum absolute atomic E-state index is 0.905. The highest BCUT2D eigenvalue weighted by molar-refractivity contribution is 6.07. The van der Waals surface area contributed by atoms with Crippen molar-refractivity contribution in [2.45, 2.75) is 0 Å². The molecule has 0 N–H and O–H groups in total. The third kappa shape index (κ3) is 1.80. The molecule has 21 heavy (non-hydrogen) atoms. The van der Waals surface area contributed by atoms with Gasteiger partial charge in [-0.25, -0.2) is 0 Å². The third-order valence-corrected chi connectivity index (χ3v) is 3.94. The number of allylic oxidation sites excluding steroid dienone is 4. The van der Waals surface area contributed by atoms with E-state index in [0.717, 1.165) is 38.8 Å². The number of nitrogens with zero attached hydrogens (tertiary/aromatic N) is 1. The van der Waals surface area contributed by atoms with E-state index in [2.05, 4.69) is 42.9 Å². The predicted octanol–water partition coefficient (Wildman–Crippen LogP) is 5.12. The van der Waals surface area contributed by atoms with Gasteiger partial charge in [-0.1, -0.05) is 36.9 Å². The number of anilines is 1. The Morgan fingerprint density at radius 3 is 2.76 bits per heavy atom. The van der Waals surface area contributed by atoms with Gasteiger partial charge in [-0.05, 0) is 29.8 Å². The molecule has 1 aliphatic rings. The first-order valence-corrected chi connectivity index (χ1v) is 6.96. The smallest absolute Gasteiger partial charge is 0.136 e. The first kappa shape index (κ1) is 12.0. The van der Waals surface area contributed by atoms with E-state index in [0.29, 0.717) is 0 Å². The molecule has 0 bridgehead atoms. The highest BCUT2D eigenvalue weighted by atomic mass is 16.3. The SMILES string of the molecule is C=C1/C=C\C=C/N(C)c2cc3c(cc21)oc1ccccc13. The lowest BCUT2D eigenvalue weighted by Crippen LogP contribution is -2.10. The summed E-state index contributed by atoms with van der Waals surface area (Å²) in [7, 11) is 2.05. The molecular formula is C19H15NO. The van der Waals surface area contributed by atoms with Crippen LogP contribution in [0.4, 0.5) is 5.69 Å². The lowest BCUT2D eigenvalue weighted by atomic mass is 10.0. The van der Waals surface area contributed by atoms with Crippen LogP contribution in [0.5, 0.6) is 0 Å². The zero-order valence-corrected chi connectivity index (χ0v) is 11.8. The van der Waals surface area contributed by atoms with Gasteiger partial charge in [0.1, 0.15) is 11.2 Å². The van der Waals surface area contributed by atoms with Crippen molar-refractivity contribution in [3.05, 3.63) is 73.0 Å². The molecular weight excluding hydrogens is 258 g/mol. The topological polar surface area (TPSA) is 16.4 Å². The summed E-state index contributed by atoms with van der Waals surface area (Å²) in [6, 6.07) is 12.4. The van der Waals surface area contributed by atoms with E-state index in [1.54, 1.807) is 0 Å². The average Bonchev–Trinajstić information content (AvgIpc) is 2.86. The fourth-order valence-corrected chi connectivity index (χ4v) is 2.83. The molecule has 2 heteroatoms. The zero-order valence-electron chi connectivity index (χ0n) is 11.8. The molecule has 2 nitrogen and oxygen atoms in total. The number of hydrogen-bond acceptors (Lipinski definition) is 2. The molecule has 102 valence electrons. The lowest BCUT2D eigenvalue weighted by Gasteiger charge is -2.20. The van der Waals surface area contributed by atoms with Gasteiger partial charge in [0, 0.05) is 35.3 Å². The van der Waals surface area contributed by atoms with Gasteiger partial charge in [0.15, 0.2) is 0 Å². The number of para-hydroxylation sites is 1. The van der Waals surface area contributed by atoms with Crippen LogP contribution in [0, 0.1) is 0 Å². The minimum atomic E-state index is 0.905. The van der Waals surface area contributed by atoms with E-state index < -0.39 is 0 Å². The van der Waals surface area contributed by atoms with E-state index >= 15 is 0 Å². The highest BCUT2D eigenvalue weighted by Crippen LogP contribution is 2.37. The summed E-state index contributed by atoms with van der Waals surface area (Å²) < 4.78 is 5.97. The Bertz CT molecular complexity index is 927. The van der Waals surface area contributed by atoms with Crippen molar-refractivity contribution in [3.63, 3.8) is 0 Å². The molecule has 4 rings (SSSR count). The summed E-state index contributed by atoms with van der Waals surface area (Å²) >= 11 is 0. The van der Waals surface area contributed by atoms with Crippen molar-refractivity contribution in [2.24, 2.45) is 0 Å². The van der Waals surface area contributed by atoms with Crippen LogP contribution >= 0.6 is 0 Å². The molecule has 0 amide bonds. The third-order valence-electron chi connectivity index (χ3n) is 3.94. The Labute approximate surface area is 123 Å². The summed E-state index contributed by atoms with van der Waals surface area (Å²) in [5.74, 6) is 0. The van der Waals surface area contributed by atoms with Gasteiger partial charge in [0.25, 0.3) is 0 Å². The van der Waals surface area contributed by atoms with E-state index in [1.807, 2.05) is 36.4 Å². The second-order valence-electron chi connectivity index (χ2n) is 5.30. The Morgan fingerprint density at radius 1 is 1.00 bits per heavy atom. The molecule has 0 radical (unpaired) electrons. The molecule has 0 spiro atoms. The molecule has 0 saturated heterocycles. The van der Waals surface area contributed by atoms with Crippen LogP contribution in [0.15, 0.2) is 71.8 Å². The van der Waals surface area contributed by atoms with Crippen molar-refractivity contribution >= 4 is 33.2 Å². The van der Waals surface area contributed by atoms with Gasteiger partial charge >= 0.3 is 0 Å². The Morgan fingerprint density at radius 2 is 1.86 bits per heavy atom. The molecule has 1 aromatic heterocycles. The summed E-state index contributed by atoms with van der Waals surface area (Å²) in [6.45, 7) is 4.16. The van der Waals surface area contributed by atoms with Gasteiger partial charge in [-0.15, -0.1) is 0 Å². The number of furan rings is 1. The first-order valence-electron chi connectivity index (χ1n) is 6.96. The van der Waals surface area contributed by atoms with Crippen LogP contribution in [0.1, 0.15) is 5.56 Å². The summed E-state index contributed by atoms with van der Waals surface area (Å²) in [6.07, 6.45) is 8.10. The van der Waals surface area contributed by atoms with Crippen molar-refractivity contribution in [1.82, 2.24) is 0 Å². The first-order chi connectivity index (χ1) is 10.2. The molecule has 0 fully saturated rings. The Kier molecular flexibility index (Phi) is 2.51. The molecule has 0 unspecified atom stereocenters. The van der Waals surface area contributed by atoms with Crippen LogP contribution < -0.4 is 4.90 Å². The predicted molar refractivity (Wildman–Crippen MR) is 89.4 cm³/mol. The van der Waals surface area contributed by atoms with E-state index in [4.69, 9.17) is 4.42 Å². The average molecular weight is 273 g/mol. The van der Waals surface area contributed by atoms with Gasteiger partial charge in [-0.3, -0.25) is 0 Å². The van der Waals surface area contributed by atoms with E-state index in [9.17, 15) is 0 Å². The van der Waals surface area contributed by atoms with Gasteiger partial charge in [0.2, 0.25) is 0 Å². The van der Waals surface area contributed by atoms with Crippen LogP contribution in [0.2, 0.25) is 0 Å². The normalized spacial score (nSPS) is 17.6. The molecule has 0 aliphatic carbocycles. The largest absolute Gasteiger partial charge is 0.456 e. The molecule has 3 aromatic rings. The van der Waals surface area contributed by atoms with E-state index in [1.165, 1.54) is 0 Å². The van der Waals surface area contributed by atoms with Crippen molar-refractivity contribution in [3.8, 4) is 0 Å². The monoisotopic (exact) mass is 273 g/mol. The van der Waals surface area contributed by atoms with Gasteiger partial charge < -0.3 is 9.32 Å². The summed E-state index contributed by atoms with van der Waals surface area (Å²) in [4.78, 5) is 2.12. The van der Waals surface area contributed by atoms with Crippen molar-refractivity contribution < 1.29 is 4.42 Å². The summed E-state index contributed by atoms with van der Waals surface area (Å²) in [5.41, 5.74) is 5.06. The Balaban J connectivity index is 2.10. The maximum atomic E-state index is 5.97. The lowest BCUT2D eigenvalue weighted by molar-refractivity contribution is 0.669. The number of benzene rings is 2. The fraction of sp³-hybridized carbons (Fsp3) is 0.0526. The molecule has 1 aliphatic heterocycles. The number of fused-ring (bicyclic) bond motifs is 4. The van der Waals surface area contributed by atoms with Gasteiger partial charge in [0.05, 0.1) is 0 Å². The van der Waals surface area contributed by atoms with E-state index in [-0.39, 0.29) is 0 Å².